The summed E-state index contributed by atoms with van der Waals surface area (Å²) in [6.45, 7) is 6.49. The van der Waals surface area contributed by atoms with Crippen molar-refractivity contribution in [3.05, 3.63) is 30.1 Å². The third kappa shape index (κ3) is 3.49. The number of hydrogen-bond acceptors (Lipinski definition) is 3. The van der Waals surface area contributed by atoms with Crippen LogP contribution in [0.15, 0.2) is 24.3 Å². The SMILES string of the molecule is CCN(CC1(COC)CCNCC1)c1ccccc1F. The van der Waals surface area contributed by atoms with Crippen molar-refractivity contribution in [1.29, 1.82) is 0 Å². The molecule has 0 amide bonds. The number of piperidine rings is 1. The van der Waals surface area contributed by atoms with E-state index in [2.05, 4.69) is 17.1 Å². The quantitative estimate of drug-likeness (QED) is 0.867. The number of ether oxygens (including phenoxy) is 1. The van der Waals surface area contributed by atoms with Gasteiger partial charge in [-0.1, -0.05) is 12.1 Å². The maximum atomic E-state index is 14.0. The molecule has 1 saturated heterocycles. The van der Waals surface area contributed by atoms with Crippen molar-refractivity contribution in [3.63, 3.8) is 0 Å². The Balaban J connectivity index is 2.16. The lowest BCUT2D eigenvalue weighted by Crippen LogP contribution is -2.47. The first-order chi connectivity index (χ1) is 9.71. The highest BCUT2D eigenvalue weighted by molar-refractivity contribution is 5.47. The van der Waals surface area contributed by atoms with E-state index < -0.39 is 0 Å². The summed E-state index contributed by atoms with van der Waals surface area (Å²) in [6, 6.07) is 7.03. The molecule has 20 heavy (non-hydrogen) atoms. The van der Waals surface area contributed by atoms with Gasteiger partial charge in [-0.3, -0.25) is 0 Å². The van der Waals surface area contributed by atoms with Crippen LogP contribution in [0.1, 0.15) is 19.8 Å². The molecule has 112 valence electrons. The minimum atomic E-state index is -0.143. The van der Waals surface area contributed by atoms with E-state index in [9.17, 15) is 4.39 Å². The van der Waals surface area contributed by atoms with Crippen LogP contribution < -0.4 is 10.2 Å². The molecule has 0 saturated carbocycles. The third-order valence-corrected chi connectivity index (χ3v) is 4.22. The molecule has 0 bridgehead atoms. The maximum absolute atomic E-state index is 14.0. The van der Waals surface area contributed by atoms with Crippen molar-refractivity contribution < 1.29 is 9.13 Å². The number of hydrogen-bond donors (Lipinski definition) is 1. The standard InChI is InChI=1S/C16H25FN2O/c1-3-19(15-7-5-4-6-14(15)17)12-16(13-20-2)8-10-18-11-9-16/h4-7,18H,3,8-13H2,1-2H3. The Labute approximate surface area is 121 Å². The van der Waals surface area contributed by atoms with Crippen LogP contribution in [0, 0.1) is 11.2 Å². The van der Waals surface area contributed by atoms with Crippen LogP contribution in [0.2, 0.25) is 0 Å². The molecule has 0 aromatic heterocycles. The van der Waals surface area contributed by atoms with Crippen LogP contribution in [0.4, 0.5) is 10.1 Å². The highest BCUT2D eigenvalue weighted by Gasteiger charge is 2.34. The molecule has 1 aromatic carbocycles. The van der Waals surface area contributed by atoms with Crippen molar-refractivity contribution in [2.24, 2.45) is 5.41 Å². The van der Waals surface area contributed by atoms with Gasteiger partial charge in [0.15, 0.2) is 0 Å². The lowest BCUT2D eigenvalue weighted by Gasteiger charge is -2.41. The number of para-hydroxylation sites is 1. The Morgan fingerprint density at radius 1 is 1.30 bits per heavy atom. The molecule has 1 aromatic rings. The summed E-state index contributed by atoms with van der Waals surface area (Å²) in [5.74, 6) is -0.143. The van der Waals surface area contributed by atoms with Gasteiger partial charge in [0.05, 0.1) is 12.3 Å². The second kappa shape index (κ2) is 7.04. The van der Waals surface area contributed by atoms with Crippen molar-refractivity contribution in [2.75, 3.05) is 44.8 Å². The molecule has 1 aliphatic heterocycles. The molecule has 1 aliphatic rings. The first-order valence-electron chi connectivity index (χ1n) is 7.40. The lowest BCUT2D eigenvalue weighted by atomic mass is 9.79. The number of halogens is 1. The van der Waals surface area contributed by atoms with Crippen molar-refractivity contribution >= 4 is 5.69 Å². The predicted octanol–water partition coefficient (Wildman–Crippen LogP) is 2.67. The smallest absolute Gasteiger partial charge is 0.146 e. The summed E-state index contributed by atoms with van der Waals surface area (Å²) < 4.78 is 19.5. The molecule has 0 spiro atoms. The molecule has 0 radical (unpaired) electrons. The normalized spacial score (nSPS) is 17.9. The topological polar surface area (TPSA) is 24.5 Å². The summed E-state index contributed by atoms with van der Waals surface area (Å²) in [5, 5.41) is 3.39. The molecule has 2 rings (SSSR count). The van der Waals surface area contributed by atoms with Crippen LogP contribution >= 0.6 is 0 Å². The van der Waals surface area contributed by atoms with E-state index in [0.717, 1.165) is 45.6 Å². The van der Waals surface area contributed by atoms with E-state index >= 15 is 0 Å². The minimum absolute atomic E-state index is 0.123. The first-order valence-corrected chi connectivity index (χ1v) is 7.40. The molecule has 0 unspecified atom stereocenters. The monoisotopic (exact) mass is 280 g/mol. The Kier molecular flexibility index (Phi) is 5.38. The van der Waals surface area contributed by atoms with Crippen LogP contribution in [0.5, 0.6) is 0 Å². The lowest BCUT2D eigenvalue weighted by molar-refractivity contribution is 0.0588. The van der Waals surface area contributed by atoms with Crippen molar-refractivity contribution in [1.82, 2.24) is 5.32 Å². The molecule has 4 heteroatoms. The zero-order valence-electron chi connectivity index (χ0n) is 12.5. The van der Waals surface area contributed by atoms with Gasteiger partial charge >= 0.3 is 0 Å². The summed E-state index contributed by atoms with van der Waals surface area (Å²) in [4.78, 5) is 2.14. The largest absolute Gasteiger partial charge is 0.384 e. The number of benzene rings is 1. The van der Waals surface area contributed by atoms with Crippen molar-refractivity contribution in [3.8, 4) is 0 Å². The van der Waals surface area contributed by atoms with E-state index in [1.54, 1.807) is 13.2 Å². The second-order valence-corrected chi connectivity index (χ2v) is 5.65. The van der Waals surface area contributed by atoms with Crippen LogP contribution in [0.25, 0.3) is 0 Å². The molecular formula is C16H25FN2O. The number of rotatable bonds is 6. The van der Waals surface area contributed by atoms with Crippen LogP contribution in [-0.4, -0.2) is 39.9 Å². The van der Waals surface area contributed by atoms with Gasteiger partial charge in [-0.05, 0) is 45.0 Å². The Morgan fingerprint density at radius 2 is 2.00 bits per heavy atom. The predicted molar refractivity (Wildman–Crippen MR) is 80.7 cm³/mol. The molecule has 0 atom stereocenters. The summed E-state index contributed by atoms with van der Waals surface area (Å²) in [5.41, 5.74) is 0.821. The van der Waals surface area contributed by atoms with E-state index in [1.165, 1.54) is 6.07 Å². The molecule has 0 aliphatic carbocycles. The van der Waals surface area contributed by atoms with Gasteiger partial charge in [-0.15, -0.1) is 0 Å². The zero-order chi connectivity index (χ0) is 14.4. The Bertz CT molecular complexity index is 413. The van der Waals surface area contributed by atoms with E-state index in [4.69, 9.17) is 4.74 Å². The van der Waals surface area contributed by atoms with E-state index in [1.807, 2.05) is 12.1 Å². The maximum Gasteiger partial charge on any atom is 0.146 e. The minimum Gasteiger partial charge on any atom is -0.384 e. The molecular weight excluding hydrogens is 255 g/mol. The fraction of sp³-hybridized carbons (Fsp3) is 0.625. The Morgan fingerprint density at radius 3 is 2.60 bits per heavy atom. The number of nitrogens with one attached hydrogen (secondary N) is 1. The van der Waals surface area contributed by atoms with E-state index in [-0.39, 0.29) is 11.2 Å². The summed E-state index contributed by atoms with van der Waals surface area (Å²) in [7, 11) is 1.75. The molecule has 1 N–H and O–H groups in total. The van der Waals surface area contributed by atoms with Gasteiger partial charge in [0, 0.05) is 25.6 Å². The third-order valence-electron chi connectivity index (χ3n) is 4.22. The highest BCUT2D eigenvalue weighted by atomic mass is 19.1. The Hall–Kier alpha value is -1.13. The van der Waals surface area contributed by atoms with Crippen LogP contribution in [-0.2, 0) is 4.74 Å². The highest BCUT2D eigenvalue weighted by Crippen LogP contribution is 2.32. The second-order valence-electron chi connectivity index (χ2n) is 5.65. The van der Waals surface area contributed by atoms with Gasteiger partial charge in [0.1, 0.15) is 5.82 Å². The van der Waals surface area contributed by atoms with Gasteiger partial charge in [0.25, 0.3) is 0 Å². The summed E-state index contributed by atoms with van der Waals surface area (Å²) in [6.07, 6.45) is 2.15. The number of methoxy groups -OCH3 is 1. The molecule has 3 nitrogen and oxygen atoms in total. The van der Waals surface area contributed by atoms with Crippen LogP contribution in [0.3, 0.4) is 0 Å². The van der Waals surface area contributed by atoms with Gasteiger partial charge < -0.3 is 15.0 Å². The average molecular weight is 280 g/mol. The zero-order valence-corrected chi connectivity index (χ0v) is 12.5. The molecule has 1 heterocycles. The van der Waals surface area contributed by atoms with Crippen molar-refractivity contribution in [2.45, 2.75) is 19.8 Å². The summed E-state index contributed by atoms with van der Waals surface area (Å²) >= 11 is 0. The van der Waals surface area contributed by atoms with Gasteiger partial charge in [-0.2, -0.15) is 0 Å². The first kappa shape index (κ1) is 15.3. The fourth-order valence-electron chi connectivity index (χ4n) is 3.09. The van der Waals surface area contributed by atoms with Gasteiger partial charge in [0.2, 0.25) is 0 Å². The number of nitrogens with zero attached hydrogens (tertiary/aromatic N) is 1. The fourth-order valence-corrected chi connectivity index (χ4v) is 3.09. The number of anilines is 1. The molecule has 1 fully saturated rings. The van der Waals surface area contributed by atoms with Gasteiger partial charge in [-0.25, -0.2) is 4.39 Å². The van der Waals surface area contributed by atoms with E-state index in [0.29, 0.717) is 5.69 Å². The average Bonchev–Trinajstić information content (AvgIpc) is 2.47.